The highest BCUT2D eigenvalue weighted by atomic mass is 32.2. The molecule has 0 aliphatic carbocycles. The van der Waals surface area contributed by atoms with Gasteiger partial charge in [0, 0.05) is 6.54 Å². The van der Waals surface area contributed by atoms with Gasteiger partial charge in [0.25, 0.3) is 0 Å². The quantitative estimate of drug-likeness (QED) is 0.781. The van der Waals surface area contributed by atoms with Gasteiger partial charge in [0.15, 0.2) is 0 Å². The fourth-order valence-corrected chi connectivity index (χ4v) is 3.33. The zero-order valence-electron chi connectivity index (χ0n) is 8.17. The number of benzene rings is 1. The smallest absolute Gasteiger partial charge is 0.337 e. The van der Waals surface area contributed by atoms with Crippen LogP contribution in [0.4, 0.5) is 0 Å². The average molecular weight is 239 g/mol. The van der Waals surface area contributed by atoms with E-state index in [1.54, 1.807) is 6.07 Å². The molecule has 0 unspecified atom stereocenters. The third-order valence-electron chi connectivity index (χ3n) is 2.41. The van der Waals surface area contributed by atoms with Crippen LogP contribution in [-0.4, -0.2) is 26.0 Å². The molecule has 0 saturated heterocycles. The maximum Gasteiger partial charge on any atom is 0.337 e. The van der Waals surface area contributed by atoms with Gasteiger partial charge in [-0.1, -0.05) is 12.1 Å². The number of hydrogen-bond acceptors (Lipinski definition) is 4. The minimum absolute atomic E-state index is 0.0520. The van der Waals surface area contributed by atoms with Gasteiger partial charge in [-0.15, -0.1) is 0 Å². The molecule has 0 radical (unpaired) electrons. The van der Waals surface area contributed by atoms with Crippen LogP contribution in [0.2, 0.25) is 0 Å². The van der Waals surface area contributed by atoms with Crippen LogP contribution in [0.15, 0.2) is 28.0 Å². The summed E-state index contributed by atoms with van der Waals surface area (Å²) in [7, 11) is -3.72. The molecular formula is C10H9NO4S. The van der Waals surface area contributed by atoms with E-state index in [-0.39, 0.29) is 21.9 Å². The summed E-state index contributed by atoms with van der Waals surface area (Å²) in [6.07, 6.45) is 1.41. The molecule has 0 amide bonds. The Bertz CT molecular complexity index is 601. The van der Waals surface area contributed by atoms with Gasteiger partial charge in [-0.3, -0.25) is 0 Å². The van der Waals surface area contributed by atoms with Crippen molar-refractivity contribution in [3.8, 4) is 0 Å². The highest BCUT2D eigenvalue weighted by Crippen LogP contribution is 2.34. The number of carbonyl (C=O) groups is 1. The van der Waals surface area contributed by atoms with Crippen LogP contribution in [0.25, 0.3) is 6.08 Å². The first-order valence-electron chi connectivity index (χ1n) is 4.50. The number of carboxylic acid groups (broad SMARTS) is 1. The van der Waals surface area contributed by atoms with E-state index in [1.165, 1.54) is 18.2 Å². The van der Waals surface area contributed by atoms with E-state index in [4.69, 9.17) is 10.8 Å². The highest BCUT2D eigenvalue weighted by molar-refractivity contribution is 7.96. The molecule has 16 heavy (non-hydrogen) atoms. The molecule has 1 aromatic carbocycles. The molecule has 0 atom stereocenters. The summed E-state index contributed by atoms with van der Waals surface area (Å²) >= 11 is 0. The minimum Gasteiger partial charge on any atom is -0.478 e. The average Bonchev–Trinajstić information content (AvgIpc) is 2.50. The van der Waals surface area contributed by atoms with Crippen LogP contribution in [0.5, 0.6) is 0 Å². The van der Waals surface area contributed by atoms with Crippen LogP contribution in [0.3, 0.4) is 0 Å². The molecule has 1 aliphatic rings. The topological polar surface area (TPSA) is 97.5 Å². The van der Waals surface area contributed by atoms with E-state index >= 15 is 0 Å². The molecule has 5 nitrogen and oxygen atoms in total. The van der Waals surface area contributed by atoms with Gasteiger partial charge in [0.2, 0.25) is 9.84 Å². The van der Waals surface area contributed by atoms with Gasteiger partial charge in [-0.2, -0.15) is 0 Å². The Morgan fingerprint density at radius 2 is 2.06 bits per heavy atom. The Morgan fingerprint density at radius 3 is 2.62 bits per heavy atom. The van der Waals surface area contributed by atoms with E-state index in [0.29, 0.717) is 5.56 Å². The first-order valence-corrected chi connectivity index (χ1v) is 5.99. The second-order valence-corrected chi connectivity index (χ2v) is 5.29. The molecule has 1 heterocycles. The standard InChI is InChI=1S/C10H9NO4S/c11-5-7-4-6-2-1-3-8(10(12)13)9(6)16(7,14)15/h1-4H,5,11H2,(H,12,13). The van der Waals surface area contributed by atoms with E-state index < -0.39 is 15.8 Å². The zero-order chi connectivity index (χ0) is 11.9. The minimum atomic E-state index is -3.72. The lowest BCUT2D eigenvalue weighted by Gasteiger charge is -2.04. The molecule has 1 aliphatic heterocycles. The van der Waals surface area contributed by atoms with Crippen molar-refractivity contribution < 1.29 is 18.3 Å². The Kier molecular flexibility index (Phi) is 2.32. The molecule has 3 N–H and O–H groups in total. The molecule has 84 valence electrons. The van der Waals surface area contributed by atoms with Gasteiger partial charge in [0.05, 0.1) is 15.4 Å². The van der Waals surface area contributed by atoms with Gasteiger partial charge >= 0.3 is 5.97 Å². The van der Waals surface area contributed by atoms with Crippen LogP contribution >= 0.6 is 0 Å². The number of carboxylic acids is 1. The molecule has 0 bridgehead atoms. The third kappa shape index (κ3) is 1.35. The number of rotatable bonds is 2. The summed E-state index contributed by atoms with van der Waals surface area (Å²) in [5.41, 5.74) is 5.50. The number of nitrogens with two attached hydrogens (primary N) is 1. The zero-order valence-corrected chi connectivity index (χ0v) is 8.99. The van der Waals surface area contributed by atoms with E-state index in [1.807, 2.05) is 0 Å². The van der Waals surface area contributed by atoms with Crippen molar-refractivity contribution in [2.75, 3.05) is 6.54 Å². The molecule has 0 saturated carbocycles. The van der Waals surface area contributed by atoms with Gasteiger partial charge in [0.1, 0.15) is 0 Å². The maximum absolute atomic E-state index is 11.9. The normalized spacial score (nSPS) is 16.7. The van der Waals surface area contributed by atoms with Crippen molar-refractivity contribution in [3.05, 3.63) is 34.2 Å². The lowest BCUT2D eigenvalue weighted by atomic mass is 10.1. The van der Waals surface area contributed by atoms with Gasteiger partial charge in [-0.05, 0) is 17.7 Å². The van der Waals surface area contributed by atoms with Crippen LogP contribution in [0, 0.1) is 0 Å². The van der Waals surface area contributed by atoms with Gasteiger partial charge in [-0.25, -0.2) is 13.2 Å². The summed E-state index contributed by atoms with van der Waals surface area (Å²) in [6, 6.07) is 4.34. The largest absolute Gasteiger partial charge is 0.478 e. The van der Waals surface area contributed by atoms with Crippen molar-refractivity contribution >= 4 is 21.9 Å². The van der Waals surface area contributed by atoms with E-state index in [2.05, 4.69) is 0 Å². The highest BCUT2D eigenvalue weighted by Gasteiger charge is 2.32. The first-order chi connectivity index (χ1) is 7.48. The summed E-state index contributed by atoms with van der Waals surface area (Å²) in [4.78, 5) is 10.8. The van der Waals surface area contributed by atoms with E-state index in [9.17, 15) is 13.2 Å². The van der Waals surface area contributed by atoms with Gasteiger partial charge < -0.3 is 10.8 Å². The maximum atomic E-state index is 11.9. The SMILES string of the molecule is NCC1=Cc2cccc(C(=O)O)c2S1(=O)=O. The lowest BCUT2D eigenvalue weighted by molar-refractivity contribution is 0.0692. The van der Waals surface area contributed by atoms with Crippen molar-refractivity contribution in [1.82, 2.24) is 0 Å². The predicted octanol–water partition coefficient (Wildman–Crippen LogP) is 0.472. The van der Waals surface area contributed by atoms with Crippen molar-refractivity contribution in [1.29, 1.82) is 0 Å². The molecule has 0 aromatic heterocycles. The van der Waals surface area contributed by atoms with Crippen molar-refractivity contribution in [2.45, 2.75) is 4.90 Å². The summed E-state index contributed by atoms with van der Waals surface area (Å²) < 4.78 is 23.9. The summed E-state index contributed by atoms with van der Waals surface area (Å²) in [6.45, 7) is -0.129. The van der Waals surface area contributed by atoms with Crippen LogP contribution in [0.1, 0.15) is 15.9 Å². The Balaban J connectivity index is 2.78. The lowest BCUT2D eigenvalue weighted by Crippen LogP contribution is -2.13. The van der Waals surface area contributed by atoms with Crippen molar-refractivity contribution in [3.63, 3.8) is 0 Å². The monoisotopic (exact) mass is 239 g/mol. The molecule has 1 aromatic rings. The molecule has 2 rings (SSSR count). The number of sulfone groups is 1. The number of fused-ring (bicyclic) bond motifs is 1. The predicted molar refractivity (Wildman–Crippen MR) is 57.6 cm³/mol. The molecule has 6 heteroatoms. The van der Waals surface area contributed by atoms with Crippen LogP contribution < -0.4 is 5.73 Å². The van der Waals surface area contributed by atoms with Crippen LogP contribution in [-0.2, 0) is 9.84 Å². The number of hydrogen-bond donors (Lipinski definition) is 2. The summed E-state index contributed by atoms with van der Waals surface area (Å²) in [5, 5.41) is 8.92. The fraction of sp³-hybridized carbons (Fsp3) is 0.100. The first kappa shape index (κ1) is 10.8. The fourth-order valence-electron chi connectivity index (χ4n) is 1.69. The Morgan fingerprint density at radius 1 is 1.38 bits per heavy atom. The summed E-state index contributed by atoms with van der Waals surface area (Å²) in [5.74, 6) is -1.26. The Labute approximate surface area is 92.1 Å². The number of aromatic carboxylic acids is 1. The second kappa shape index (κ2) is 3.43. The van der Waals surface area contributed by atoms with Crippen molar-refractivity contribution in [2.24, 2.45) is 5.73 Å². The molecule has 0 spiro atoms. The second-order valence-electron chi connectivity index (χ2n) is 3.35. The Hall–Kier alpha value is -1.66. The molecular weight excluding hydrogens is 230 g/mol. The molecule has 0 fully saturated rings. The van der Waals surface area contributed by atoms with E-state index in [0.717, 1.165) is 0 Å². The third-order valence-corrected chi connectivity index (χ3v) is 4.38.